The molecule has 1 aromatic heterocycles. The molecule has 1 aromatic rings. The minimum Gasteiger partial charge on any atom is -0.469 e. The fourth-order valence-electron chi connectivity index (χ4n) is 1.71. The van der Waals surface area contributed by atoms with Crippen molar-refractivity contribution in [1.82, 2.24) is 0 Å². The smallest absolute Gasteiger partial charge is 0.334 e. The summed E-state index contributed by atoms with van der Waals surface area (Å²) in [5, 5.41) is 0. The van der Waals surface area contributed by atoms with Crippen molar-refractivity contribution in [3.05, 3.63) is 35.8 Å². The molecule has 0 aromatic carbocycles. The molecule has 4 heteroatoms. The lowest BCUT2D eigenvalue weighted by atomic mass is 9.99. The number of furan rings is 1. The molecule has 1 heterocycles. The van der Waals surface area contributed by atoms with Gasteiger partial charge in [-0.1, -0.05) is 0 Å². The fourth-order valence-corrected chi connectivity index (χ4v) is 1.71. The van der Waals surface area contributed by atoms with Gasteiger partial charge in [-0.15, -0.1) is 0 Å². The molecule has 0 saturated heterocycles. The van der Waals surface area contributed by atoms with Crippen LogP contribution in [0.3, 0.4) is 0 Å². The number of rotatable bonds is 2. The van der Waals surface area contributed by atoms with Crippen LogP contribution in [-0.2, 0) is 14.3 Å². The minimum atomic E-state index is -0.470. The standard InChI is InChI=1S/C11H10O4/c1-14-11(13)9-6-7(12)5-8(9)10-3-2-4-15-10/h2-4,6,8H,5H2,1H3. The van der Waals surface area contributed by atoms with Gasteiger partial charge in [-0.3, -0.25) is 4.79 Å². The normalized spacial score (nSPS) is 20.2. The summed E-state index contributed by atoms with van der Waals surface area (Å²) in [6, 6.07) is 3.48. The van der Waals surface area contributed by atoms with Crippen molar-refractivity contribution < 1.29 is 18.7 Å². The topological polar surface area (TPSA) is 56.5 Å². The number of hydrogen-bond acceptors (Lipinski definition) is 4. The molecule has 2 rings (SSSR count). The Morgan fingerprint density at radius 1 is 1.60 bits per heavy atom. The second-order valence-electron chi connectivity index (χ2n) is 3.33. The highest BCUT2D eigenvalue weighted by atomic mass is 16.5. The zero-order chi connectivity index (χ0) is 10.8. The number of hydrogen-bond donors (Lipinski definition) is 0. The van der Waals surface area contributed by atoms with E-state index in [2.05, 4.69) is 4.74 Å². The number of ketones is 1. The maximum Gasteiger partial charge on any atom is 0.334 e. The van der Waals surface area contributed by atoms with Gasteiger partial charge in [0.15, 0.2) is 5.78 Å². The van der Waals surface area contributed by atoms with E-state index in [4.69, 9.17) is 4.42 Å². The van der Waals surface area contributed by atoms with Crippen LogP contribution in [0.2, 0.25) is 0 Å². The van der Waals surface area contributed by atoms with Gasteiger partial charge in [0, 0.05) is 6.42 Å². The van der Waals surface area contributed by atoms with Gasteiger partial charge in [-0.25, -0.2) is 4.79 Å². The van der Waals surface area contributed by atoms with E-state index in [1.165, 1.54) is 19.4 Å². The second-order valence-corrected chi connectivity index (χ2v) is 3.33. The van der Waals surface area contributed by atoms with Crippen molar-refractivity contribution in [1.29, 1.82) is 0 Å². The molecule has 4 nitrogen and oxygen atoms in total. The maximum atomic E-state index is 11.4. The lowest BCUT2D eigenvalue weighted by Crippen LogP contribution is -2.09. The highest BCUT2D eigenvalue weighted by Crippen LogP contribution is 2.34. The summed E-state index contributed by atoms with van der Waals surface area (Å²) < 4.78 is 9.80. The third-order valence-electron chi connectivity index (χ3n) is 2.40. The van der Waals surface area contributed by atoms with E-state index in [1.807, 2.05) is 0 Å². The molecular weight excluding hydrogens is 196 g/mol. The molecule has 15 heavy (non-hydrogen) atoms. The van der Waals surface area contributed by atoms with Crippen LogP contribution < -0.4 is 0 Å². The van der Waals surface area contributed by atoms with Crippen LogP contribution >= 0.6 is 0 Å². The van der Waals surface area contributed by atoms with Gasteiger partial charge in [0.1, 0.15) is 5.76 Å². The monoisotopic (exact) mass is 206 g/mol. The van der Waals surface area contributed by atoms with Gasteiger partial charge in [-0.05, 0) is 18.2 Å². The zero-order valence-electron chi connectivity index (χ0n) is 8.23. The fraction of sp³-hybridized carbons (Fsp3) is 0.273. The van der Waals surface area contributed by atoms with Crippen LogP contribution in [0.1, 0.15) is 18.1 Å². The summed E-state index contributed by atoms with van der Waals surface area (Å²) in [7, 11) is 1.30. The first-order valence-corrected chi connectivity index (χ1v) is 4.58. The van der Waals surface area contributed by atoms with Crippen molar-refractivity contribution in [2.45, 2.75) is 12.3 Å². The third kappa shape index (κ3) is 1.70. The summed E-state index contributed by atoms with van der Waals surface area (Å²) in [6.07, 6.45) is 3.13. The summed E-state index contributed by atoms with van der Waals surface area (Å²) in [5.41, 5.74) is 0.373. The quantitative estimate of drug-likeness (QED) is 0.687. The zero-order valence-corrected chi connectivity index (χ0v) is 8.23. The molecule has 1 aliphatic carbocycles. The van der Waals surface area contributed by atoms with E-state index >= 15 is 0 Å². The Morgan fingerprint density at radius 2 is 2.40 bits per heavy atom. The predicted octanol–water partition coefficient (Wildman–Crippen LogP) is 1.44. The van der Waals surface area contributed by atoms with Gasteiger partial charge < -0.3 is 9.15 Å². The van der Waals surface area contributed by atoms with Gasteiger partial charge in [0.05, 0.1) is 24.9 Å². The Hall–Kier alpha value is -1.84. The molecule has 1 aliphatic rings. The van der Waals surface area contributed by atoms with Crippen molar-refractivity contribution in [3.8, 4) is 0 Å². The van der Waals surface area contributed by atoms with Gasteiger partial charge in [0.25, 0.3) is 0 Å². The number of allylic oxidation sites excluding steroid dienone is 1. The molecule has 78 valence electrons. The van der Waals surface area contributed by atoms with Crippen molar-refractivity contribution in [3.63, 3.8) is 0 Å². The Kier molecular flexibility index (Phi) is 2.41. The lowest BCUT2D eigenvalue weighted by molar-refractivity contribution is -0.136. The van der Waals surface area contributed by atoms with Gasteiger partial charge in [0.2, 0.25) is 0 Å². The van der Waals surface area contributed by atoms with E-state index in [9.17, 15) is 9.59 Å². The average Bonchev–Trinajstić information content (AvgIpc) is 2.84. The molecule has 1 atom stereocenters. The Balaban J connectivity index is 2.31. The average molecular weight is 206 g/mol. The van der Waals surface area contributed by atoms with Crippen molar-refractivity contribution in [2.75, 3.05) is 7.11 Å². The highest BCUT2D eigenvalue weighted by Gasteiger charge is 2.33. The first-order valence-electron chi connectivity index (χ1n) is 4.58. The van der Waals surface area contributed by atoms with Crippen LogP contribution in [0.5, 0.6) is 0 Å². The van der Waals surface area contributed by atoms with E-state index in [0.717, 1.165) is 0 Å². The molecule has 0 aliphatic heterocycles. The first-order chi connectivity index (χ1) is 7.22. The maximum absolute atomic E-state index is 11.4. The number of carbonyl (C=O) groups excluding carboxylic acids is 2. The molecule has 0 fully saturated rings. The van der Waals surface area contributed by atoms with Crippen molar-refractivity contribution in [2.24, 2.45) is 0 Å². The molecular formula is C11H10O4. The number of esters is 1. The predicted molar refractivity (Wildman–Crippen MR) is 51.2 cm³/mol. The van der Waals surface area contributed by atoms with Crippen molar-refractivity contribution >= 4 is 11.8 Å². The van der Waals surface area contributed by atoms with Crippen LogP contribution in [0.15, 0.2) is 34.5 Å². The lowest BCUT2D eigenvalue weighted by Gasteiger charge is -2.08. The summed E-state index contributed by atoms with van der Waals surface area (Å²) in [4.78, 5) is 22.6. The van der Waals surface area contributed by atoms with Gasteiger partial charge >= 0.3 is 5.97 Å². The Bertz CT molecular complexity index is 414. The number of carbonyl (C=O) groups is 2. The van der Waals surface area contributed by atoms with Crippen LogP contribution in [-0.4, -0.2) is 18.9 Å². The molecule has 0 amide bonds. The largest absolute Gasteiger partial charge is 0.469 e. The first kappa shape index (κ1) is 9.71. The third-order valence-corrected chi connectivity index (χ3v) is 2.40. The molecule has 0 saturated carbocycles. The van der Waals surface area contributed by atoms with E-state index < -0.39 is 5.97 Å². The second kappa shape index (κ2) is 3.73. The van der Waals surface area contributed by atoms with E-state index in [0.29, 0.717) is 11.3 Å². The highest BCUT2D eigenvalue weighted by molar-refractivity contribution is 6.05. The number of methoxy groups -OCH3 is 1. The molecule has 0 bridgehead atoms. The van der Waals surface area contributed by atoms with Gasteiger partial charge in [-0.2, -0.15) is 0 Å². The summed E-state index contributed by atoms with van der Waals surface area (Å²) in [5.74, 6) is -0.212. The summed E-state index contributed by atoms with van der Waals surface area (Å²) >= 11 is 0. The number of ether oxygens (including phenoxy) is 1. The SMILES string of the molecule is COC(=O)C1=CC(=O)CC1c1ccco1. The molecule has 0 radical (unpaired) electrons. The van der Waals surface area contributed by atoms with Crippen LogP contribution in [0, 0.1) is 0 Å². The van der Waals surface area contributed by atoms with Crippen LogP contribution in [0.4, 0.5) is 0 Å². The molecule has 1 unspecified atom stereocenters. The van der Waals surface area contributed by atoms with Crippen LogP contribution in [0.25, 0.3) is 0 Å². The van der Waals surface area contributed by atoms with E-state index in [-0.39, 0.29) is 18.1 Å². The van der Waals surface area contributed by atoms with E-state index in [1.54, 1.807) is 12.1 Å². The molecule has 0 spiro atoms. The summed E-state index contributed by atoms with van der Waals surface area (Å²) in [6.45, 7) is 0. The minimum absolute atomic E-state index is 0.0724. The molecule has 0 N–H and O–H groups in total. The Labute approximate surface area is 86.5 Å². The Morgan fingerprint density at radius 3 is 3.00 bits per heavy atom.